The van der Waals surface area contributed by atoms with Crippen LogP contribution in [0, 0.1) is 33.6 Å². The van der Waals surface area contributed by atoms with Crippen molar-refractivity contribution in [3.8, 4) is 0 Å². The number of hydrogen-bond acceptors (Lipinski definition) is 1. The lowest BCUT2D eigenvalue weighted by atomic mass is 9.92. The summed E-state index contributed by atoms with van der Waals surface area (Å²) in [7, 11) is 0. The molecule has 0 saturated carbocycles. The van der Waals surface area contributed by atoms with E-state index < -0.39 is 0 Å². The Bertz CT molecular complexity index is 735. The van der Waals surface area contributed by atoms with Crippen LogP contribution in [-0.2, 0) is 0 Å². The summed E-state index contributed by atoms with van der Waals surface area (Å²) < 4.78 is 0. The van der Waals surface area contributed by atoms with E-state index in [2.05, 4.69) is 88.6 Å². The first kappa shape index (κ1) is 18.5. The van der Waals surface area contributed by atoms with E-state index in [0.29, 0.717) is 11.0 Å². The predicted octanol–water partition coefficient (Wildman–Crippen LogP) is 5.60. The Morgan fingerprint density at radius 2 is 1.50 bits per heavy atom. The Labute approximate surface area is 151 Å². The third-order valence-corrected chi connectivity index (χ3v) is 4.57. The molecule has 0 saturated heterocycles. The number of nitrogens with one attached hydrogen (secondary N) is 2. The third kappa shape index (κ3) is 4.57. The molecule has 1 atom stereocenters. The summed E-state index contributed by atoms with van der Waals surface area (Å²) in [5.74, 6) is 0.435. The Morgan fingerprint density at radius 3 is 2.12 bits per heavy atom. The summed E-state index contributed by atoms with van der Waals surface area (Å²) >= 11 is 5.58. The summed E-state index contributed by atoms with van der Waals surface area (Å²) in [5.41, 5.74) is 7.37. The van der Waals surface area contributed by atoms with Gasteiger partial charge in [0.15, 0.2) is 5.11 Å². The first-order valence-corrected chi connectivity index (χ1v) is 8.90. The van der Waals surface area contributed by atoms with Crippen LogP contribution in [0.3, 0.4) is 0 Å². The Hall–Kier alpha value is -1.87. The zero-order valence-corrected chi connectivity index (χ0v) is 16.3. The van der Waals surface area contributed by atoms with E-state index in [1.54, 1.807) is 0 Å². The van der Waals surface area contributed by atoms with Crippen molar-refractivity contribution >= 4 is 23.0 Å². The second-order valence-corrected chi connectivity index (χ2v) is 7.41. The SMILES string of the molecule is Cc1ccc(C(NC(=S)Nc2cc(C)ccc2C)C(C)C)c(C)c1. The lowest BCUT2D eigenvalue weighted by Gasteiger charge is -2.26. The molecule has 2 rings (SSSR count). The van der Waals surface area contributed by atoms with Gasteiger partial charge in [0, 0.05) is 5.69 Å². The van der Waals surface area contributed by atoms with Gasteiger partial charge >= 0.3 is 0 Å². The molecule has 2 aromatic carbocycles. The number of benzene rings is 2. The Morgan fingerprint density at radius 1 is 0.875 bits per heavy atom. The van der Waals surface area contributed by atoms with Gasteiger partial charge in [-0.25, -0.2) is 0 Å². The van der Waals surface area contributed by atoms with Gasteiger partial charge in [0.2, 0.25) is 0 Å². The molecule has 0 aromatic heterocycles. The van der Waals surface area contributed by atoms with Crippen molar-refractivity contribution in [1.29, 1.82) is 0 Å². The highest BCUT2D eigenvalue weighted by atomic mass is 32.1. The van der Waals surface area contributed by atoms with E-state index in [1.807, 2.05) is 0 Å². The molecular formula is C21H28N2S. The number of hydrogen-bond donors (Lipinski definition) is 2. The zero-order chi connectivity index (χ0) is 17.9. The van der Waals surface area contributed by atoms with Gasteiger partial charge in [-0.3, -0.25) is 0 Å². The predicted molar refractivity (Wildman–Crippen MR) is 109 cm³/mol. The van der Waals surface area contributed by atoms with E-state index in [4.69, 9.17) is 12.2 Å². The van der Waals surface area contributed by atoms with Crippen molar-refractivity contribution in [2.24, 2.45) is 5.92 Å². The van der Waals surface area contributed by atoms with Crippen molar-refractivity contribution in [3.05, 3.63) is 64.2 Å². The number of aryl methyl sites for hydroxylation is 4. The van der Waals surface area contributed by atoms with Crippen LogP contribution < -0.4 is 10.6 Å². The van der Waals surface area contributed by atoms with E-state index in [0.717, 1.165) is 5.69 Å². The lowest BCUT2D eigenvalue weighted by Crippen LogP contribution is -2.35. The molecule has 0 aliphatic carbocycles. The van der Waals surface area contributed by atoms with Gasteiger partial charge in [0.05, 0.1) is 6.04 Å². The average Bonchev–Trinajstić information content (AvgIpc) is 2.49. The van der Waals surface area contributed by atoms with Gasteiger partial charge in [-0.15, -0.1) is 0 Å². The van der Waals surface area contributed by atoms with Gasteiger partial charge in [-0.2, -0.15) is 0 Å². The minimum Gasteiger partial charge on any atom is -0.355 e. The van der Waals surface area contributed by atoms with Crippen LogP contribution >= 0.6 is 12.2 Å². The summed E-state index contributed by atoms with van der Waals surface area (Å²) in [6, 6.07) is 13.2. The molecule has 128 valence electrons. The molecule has 0 radical (unpaired) electrons. The van der Waals surface area contributed by atoms with Gasteiger partial charge in [-0.05, 0) is 74.2 Å². The second kappa shape index (κ2) is 7.80. The fourth-order valence-electron chi connectivity index (χ4n) is 2.95. The molecule has 0 spiro atoms. The average molecular weight is 341 g/mol. The fourth-order valence-corrected chi connectivity index (χ4v) is 3.19. The van der Waals surface area contributed by atoms with E-state index in [-0.39, 0.29) is 6.04 Å². The molecule has 2 N–H and O–H groups in total. The van der Waals surface area contributed by atoms with E-state index >= 15 is 0 Å². The quantitative estimate of drug-likeness (QED) is 0.708. The second-order valence-electron chi connectivity index (χ2n) is 7.00. The fraction of sp³-hybridized carbons (Fsp3) is 0.381. The summed E-state index contributed by atoms with van der Waals surface area (Å²) in [6.07, 6.45) is 0. The summed E-state index contributed by atoms with van der Waals surface area (Å²) in [4.78, 5) is 0. The lowest BCUT2D eigenvalue weighted by molar-refractivity contribution is 0.471. The van der Waals surface area contributed by atoms with Crippen LogP contribution in [0.15, 0.2) is 36.4 Å². The first-order valence-electron chi connectivity index (χ1n) is 8.50. The highest BCUT2D eigenvalue weighted by Crippen LogP contribution is 2.26. The number of rotatable bonds is 4. The van der Waals surface area contributed by atoms with Crippen molar-refractivity contribution in [2.45, 2.75) is 47.6 Å². The molecule has 2 nitrogen and oxygen atoms in total. The Kier molecular flexibility index (Phi) is 6.00. The molecule has 3 heteroatoms. The van der Waals surface area contributed by atoms with Crippen LogP contribution in [0.1, 0.15) is 47.7 Å². The van der Waals surface area contributed by atoms with Gasteiger partial charge < -0.3 is 10.6 Å². The molecule has 0 aliphatic rings. The highest BCUT2D eigenvalue weighted by Gasteiger charge is 2.19. The van der Waals surface area contributed by atoms with Crippen LogP contribution in [0.5, 0.6) is 0 Å². The standard InChI is InChI=1S/C21H28N2S/c1-13(2)20(18-10-8-14(3)11-17(18)6)23-21(24)22-19-12-15(4)7-9-16(19)5/h7-13,20H,1-6H3,(H2,22,23,24). The minimum absolute atomic E-state index is 0.190. The maximum atomic E-state index is 5.58. The van der Waals surface area contributed by atoms with Crippen molar-refractivity contribution in [1.82, 2.24) is 5.32 Å². The molecule has 0 fully saturated rings. The molecule has 0 aliphatic heterocycles. The zero-order valence-electron chi connectivity index (χ0n) is 15.5. The summed E-state index contributed by atoms with van der Waals surface area (Å²) in [6.45, 7) is 12.9. The monoisotopic (exact) mass is 340 g/mol. The van der Waals surface area contributed by atoms with Gasteiger partial charge in [-0.1, -0.05) is 49.7 Å². The Balaban J connectivity index is 2.18. The van der Waals surface area contributed by atoms with Crippen LogP contribution in [0.2, 0.25) is 0 Å². The largest absolute Gasteiger partial charge is 0.355 e. The minimum atomic E-state index is 0.190. The third-order valence-electron chi connectivity index (χ3n) is 4.35. The smallest absolute Gasteiger partial charge is 0.171 e. The van der Waals surface area contributed by atoms with Crippen molar-refractivity contribution in [3.63, 3.8) is 0 Å². The molecule has 1 unspecified atom stereocenters. The number of thiocarbonyl (C=S) groups is 1. The van der Waals surface area contributed by atoms with Crippen LogP contribution in [-0.4, -0.2) is 5.11 Å². The van der Waals surface area contributed by atoms with Gasteiger partial charge in [0.25, 0.3) is 0 Å². The maximum Gasteiger partial charge on any atom is 0.171 e. The van der Waals surface area contributed by atoms with Crippen LogP contribution in [0.4, 0.5) is 5.69 Å². The molecule has 2 aromatic rings. The molecular weight excluding hydrogens is 312 g/mol. The molecule has 0 bridgehead atoms. The molecule has 0 heterocycles. The van der Waals surface area contributed by atoms with Gasteiger partial charge in [0.1, 0.15) is 0 Å². The topological polar surface area (TPSA) is 24.1 Å². The van der Waals surface area contributed by atoms with Crippen molar-refractivity contribution < 1.29 is 0 Å². The van der Waals surface area contributed by atoms with E-state index in [1.165, 1.54) is 27.8 Å². The maximum absolute atomic E-state index is 5.58. The summed E-state index contributed by atoms with van der Waals surface area (Å²) in [5, 5.41) is 7.53. The highest BCUT2D eigenvalue weighted by molar-refractivity contribution is 7.80. The normalized spacial score (nSPS) is 12.1. The molecule has 24 heavy (non-hydrogen) atoms. The van der Waals surface area contributed by atoms with Crippen molar-refractivity contribution in [2.75, 3.05) is 5.32 Å². The number of anilines is 1. The van der Waals surface area contributed by atoms with Crippen LogP contribution in [0.25, 0.3) is 0 Å². The van der Waals surface area contributed by atoms with E-state index in [9.17, 15) is 0 Å². The molecule has 0 amide bonds. The first-order chi connectivity index (χ1) is 11.3.